The number of nitrogens with zero attached hydrogens (tertiary/aromatic N) is 2. The van der Waals surface area contributed by atoms with Gasteiger partial charge in [-0.15, -0.1) is 0 Å². The predicted octanol–water partition coefficient (Wildman–Crippen LogP) is 3.45. The lowest BCUT2D eigenvalue weighted by atomic mass is 10.0. The lowest BCUT2D eigenvalue weighted by Gasteiger charge is -2.34. The van der Waals surface area contributed by atoms with E-state index in [0.717, 1.165) is 7.05 Å². The average Bonchev–Trinajstić information content (AvgIpc) is 2.58. The molecule has 0 bridgehead atoms. The Morgan fingerprint density at radius 3 is 2.59 bits per heavy atom. The fraction of sp³-hybridized carbons (Fsp3) is 0.125. The summed E-state index contributed by atoms with van der Waals surface area (Å²) in [7, 11) is 1.10. The van der Waals surface area contributed by atoms with Crippen molar-refractivity contribution in [1.82, 2.24) is 4.65 Å². The zero-order valence-corrected chi connectivity index (χ0v) is 12.4. The summed E-state index contributed by atoms with van der Waals surface area (Å²) >= 11 is 6.01. The molecule has 1 heterocycles. The Hall–Kier alpha value is -2.08. The number of likely N-dealkylation sites (N-methyl/N-ethyl adjacent to an activating group) is 1. The molecule has 1 aliphatic heterocycles. The SMILES string of the molecule is C[N+]1([O-])C(=O)C(F)N=C(c2ccccc2)c2cc(Cl)ccc21. The first kappa shape index (κ1) is 14.8. The van der Waals surface area contributed by atoms with E-state index < -0.39 is 16.8 Å². The number of quaternary nitrogens is 1. The number of alkyl halides is 1. The molecule has 0 aromatic heterocycles. The molecular formula is C16H12ClFN2O2. The van der Waals surface area contributed by atoms with Crippen molar-refractivity contribution < 1.29 is 9.18 Å². The molecule has 0 radical (unpaired) electrons. The Morgan fingerprint density at radius 1 is 1.23 bits per heavy atom. The third kappa shape index (κ3) is 2.33. The number of hydrogen-bond acceptors (Lipinski definition) is 3. The highest BCUT2D eigenvalue weighted by atomic mass is 35.5. The molecule has 0 N–H and O–H groups in total. The number of fused-ring (bicyclic) bond motifs is 1. The molecule has 2 unspecified atom stereocenters. The Bertz CT molecular complexity index is 775. The molecule has 2 aromatic rings. The van der Waals surface area contributed by atoms with Gasteiger partial charge in [0.25, 0.3) is 0 Å². The zero-order valence-electron chi connectivity index (χ0n) is 11.7. The van der Waals surface area contributed by atoms with Gasteiger partial charge in [-0.1, -0.05) is 41.9 Å². The molecule has 2 atom stereocenters. The lowest BCUT2D eigenvalue weighted by Crippen LogP contribution is -2.48. The van der Waals surface area contributed by atoms with Gasteiger partial charge in [0.05, 0.1) is 18.3 Å². The van der Waals surface area contributed by atoms with Crippen LogP contribution in [0.5, 0.6) is 0 Å². The van der Waals surface area contributed by atoms with Crippen molar-refractivity contribution in [2.24, 2.45) is 4.99 Å². The third-order valence-electron chi connectivity index (χ3n) is 3.59. The maximum Gasteiger partial charge on any atom is 0.375 e. The number of carbonyl (C=O) groups is 1. The minimum Gasteiger partial charge on any atom is -0.620 e. The molecule has 6 heteroatoms. The monoisotopic (exact) mass is 318 g/mol. The third-order valence-corrected chi connectivity index (χ3v) is 3.82. The van der Waals surface area contributed by atoms with Crippen LogP contribution in [0.4, 0.5) is 10.1 Å². The molecule has 0 saturated heterocycles. The minimum atomic E-state index is -2.22. The molecule has 1 amide bonds. The van der Waals surface area contributed by atoms with Crippen LogP contribution in [0, 0.1) is 5.21 Å². The van der Waals surface area contributed by atoms with E-state index in [0.29, 0.717) is 16.1 Å². The maximum absolute atomic E-state index is 14.1. The van der Waals surface area contributed by atoms with Gasteiger partial charge in [-0.3, -0.25) is 4.65 Å². The van der Waals surface area contributed by atoms with E-state index in [-0.39, 0.29) is 11.4 Å². The first-order valence-electron chi connectivity index (χ1n) is 6.61. The van der Waals surface area contributed by atoms with Crippen molar-refractivity contribution in [2.45, 2.75) is 6.30 Å². The highest BCUT2D eigenvalue weighted by Gasteiger charge is 2.39. The minimum absolute atomic E-state index is 0.122. The Labute approximate surface area is 131 Å². The van der Waals surface area contributed by atoms with Gasteiger partial charge in [0.15, 0.2) is 0 Å². The molecule has 0 aliphatic carbocycles. The standard InChI is InChI=1S/C16H12ClFN2O2/c1-20(22)13-8-7-11(17)9-12(13)14(19-15(18)16(20)21)10-5-3-2-4-6-10/h2-9,15H,1H3. The summed E-state index contributed by atoms with van der Waals surface area (Å²) in [6.45, 7) is 0. The molecule has 112 valence electrons. The van der Waals surface area contributed by atoms with E-state index in [2.05, 4.69) is 4.99 Å². The van der Waals surface area contributed by atoms with Crippen molar-refractivity contribution in [3.05, 3.63) is 69.9 Å². The summed E-state index contributed by atoms with van der Waals surface area (Å²) in [6, 6.07) is 13.3. The van der Waals surface area contributed by atoms with Crippen LogP contribution in [-0.4, -0.2) is 25.0 Å². The predicted molar refractivity (Wildman–Crippen MR) is 84.5 cm³/mol. The highest BCUT2D eigenvalue weighted by Crippen LogP contribution is 2.34. The van der Waals surface area contributed by atoms with Crippen LogP contribution >= 0.6 is 11.6 Å². The van der Waals surface area contributed by atoms with Gasteiger partial charge in [-0.25, -0.2) is 14.2 Å². The summed E-state index contributed by atoms with van der Waals surface area (Å²) in [4.78, 5) is 15.9. The van der Waals surface area contributed by atoms with Crippen molar-refractivity contribution in [3.8, 4) is 0 Å². The first-order valence-corrected chi connectivity index (χ1v) is 6.99. The van der Waals surface area contributed by atoms with Gasteiger partial charge in [0.1, 0.15) is 5.69 Å². The largest absolute Gasteiger partial charge is 0.620 e. The Balaban J connectivity index is 2.32. The molecule has 1 aliphatic rings. The van der Waals surface area contributed by atoms with Gasteiger partial charge in [0, 0.05) is 16.7 Å². The maximum atomic E-state index is 14.1. The Morgan fingerprint density at radius 2 is 1.91 bits per heavy atom. The van der Waals surface area contributed by atoms with Crippen LogP contribution in [0.3, 0.4) is 0 Å². The lowest BCUT2D eigenvalue weighted by molar-refractivity contribution is -0.131. The van der Waals surface area contributed by atoms with Crippen LogP contribution in [0.25, 0.3) is 0 Å². The zero-order chi connectivity index (χ0) is 15.9. The quantitative estimate of drug-likeness (QED) is 0.459. The van der Waals surface area contributed by atoms with Gasteiger partial charge in [0.2, 0.25) is 0 Å². The molecule has 0 fully saturated rings. The van der Waals surface area contributed by atoms with Crippen molar-refractivity contribution >= 4 is 28.9 Å². The van der Waals surface area contributed by atoms with Crippen LogP contribution in [0.2, 0.25) is 5.02 Å². The van der Waals surface area contributed by atoms with Gasteiger partial charge >= 0.3 is 12.2 Å². The topological polar surface area (TPSA) is 52.5 Å². The number of hydrogen-bond donors (Lipinski definition) is 0. The molecule has 0 spiro atoms. The Kier molecular flexibility index (Phi) is 3.56. The number of halogens is 2. The summed E-state index contributed by atoms with van der Waals surface area (Å²) in [5.74, 6) is -1.16. The van der Waals surface area contributed by atoms with E-state index in [4.69, 9.17) is 11.6 Å². The normalized spacial score (nSPS) is 24.5. The summed E-state index contributed by atoms with van der Waals surface area (Å²) in [5.41, 5.74) is 1.35. The van der Waals surface area contributed by atoms with E-state index in [1.807, 2.05) is 6.07 Å². The van der Waals surface area contributed by atoms with E-state index in [1.54, 1.807) is 24.3 Å². The number of benzodiazepines with no additional fused rings is 1. The number of rotatable bonds is 1. The number of carbonyl (C=O) groups excluding carboxylic acids is 1. The second-order valence-electron chi connectivity index (χ2n) is 5.10. The van der Waals surface area contributed by atoms with Crippen LogP contribution in [0.1, 0.15) is 11.1 Å². The second kappa shape index (κ2) is 5.28. The molecule has 2 aromatic carbocycles. The summed E-state index contributed by atoms with van der Waals surface area (Å²) in [5, 5.41) is 13.0. The first-order chi connectivity index (χ1) is 10.4. The fourth-order valence-corrected chi connectivity index (χ4v) is 2.63. The molecule has 22 heavy (non-hydrogen) atoms. The molecule has 4 nitrogen and oxygen atoms in total. The van der Waals surface area contributed by atoms with E-state index in [1.165, 1.54) is 18.2 Å². The van der Waals surface area contributed by atoms with Crippen molar-refractivity contribution in [2.75, 3.05) is 7.05 Å². The molecule has 0 saturated carbocycles. The summed E-state index contributed by atoms with van der Waals surface area (Å²) in [6.07, 6.45) is -2.22. The summed E-state index contributed by atoms with van der Waals surface area (Å²) < 4.78 is 12.7. The van der Waals surface area contributed by atoms with Gasteiger partial charge in [-0.2, -0.15) is 0 Å². The van der Waals surface area contributed by atoms with Crippen LogP contribution in [0.15, 0.2) is 53.5 Å². The fourth-order valence-electron chi connectivity index (χ4n) is 2.46. The van der Waals surface area contributed by atoms with Crippen molar-refractivity contribution in [3.63, 3.8) is 0 Å². The number of aliphatic imine (C=N–C) groups is 1. The number of amides is 1. The second-order valence-corrected chi connectivity index (χ2v) is 5.54. The number of benzene rings is 2. The van der Waals surface area contributed by atoms with E-state index in [9.17, 15) is 14.4 Å². The molecular weight excluding hydrogens is 307 g/mol. The smallest absolute Gasteiger partial charge is 0.375 e. The van der Waals surface area contributed by atoms with Crippen molar-refractivity contribution in [1.29, 1.82) is 0 Å². The molecule has 3 rings (SSSR count). The highest BCUT2D eigenvalue weighted by molar-refractivity contribution is 6.31. The van der Waals surface area contributed by atoms with Gasteiger partial charge in [-0.05, 0) is 12.1 Å². The van der Waals surface area contributed by atoms with E-state index >= 15 is 0 Å². The average molecular weight is 319 g/mol. The van der Waals surface area contributed by atoms with Crippen LogP contribution in [-0.2, 0) is 4.79 Å². The van der Waals surface area contributed by atoms with Gasteiger partial charge < -0.3 is 5.21 Å². The van der Waals surface area contributed by atoms with Crippen LogP contribution < -0.4 is 4.65 Å². The number of hydroxylamine groups is 2.